The highest BCUT2D eigenvalue weighted by Gasteiger charge is 2.33. The third-order valence-corrected chi connectivity index (χ3v) is 6.80. The van der Waals surface area contributed by atoms with Gasteiger partial charge in [-0.05, 0) is 59.6 Å². The average Bonchev–Trinajstić information content (AvgIpc) is 2.85. The van der Waals surface area contributed by atoms with E-state index in [-0.39, 0.29) is 52.5 Å². The number of amides is 1. The lowest BCUT2D eigenvalue weighted by Crippen LogP contribution is -2.21. The molecule has 0 aliphatic heterocycles. The molecule has 7 heteroatoms. The summed E-state index contributed by atoms with van der Waals surface area (Å²) < 4.78 is 36.3. The van der Waals surface area contributed by atoms with Crippen LogP contribution in [-0.4, -0.2) is 31.3 Å². The normalized spacial score (nSPS) is 17.2. The maximum Gasteiger partial charge on any atom is 0.251 e. The van der Waals surface area contributed by atoms with Crippen LogP contribution in [0.15, 0.2) is 48.5 Å². The minimum absolute atomic E-state index is 0.000178. The first kappa shape index (κ1) is 24.2. The van der Waals surface area contributed by atoms with Gasteiger partial charge in [0.05, 0.1) is 17.2 Å². The summed E-state index contributed by atoms with van der Waals surface area (Å²) in [6.07, 6.45) is 1.33. The molecule has 0 heterocycles. The van der Waals surface area contributed by atoms with Gasteiger partial charge in [-0.2, -0.15) is 0 Å². The number of fused-ring (bicyclic) bond motifs is 1. The van der Waals surface area contributed by atoms with Gasteiger partial charge in [0.25, 0.3) is 5.91 Å². The van der Waals surface area contributed by atoms with Gasteiger partial charge in [0.1, 0.15) is 12.4 Å². The Morgan fingerprint density at radius 1 is 1.18 bits per heavy atom. The number of carbonyl (C=O) groups is 1. The number of aliphatic hydroxyl groups excluding tert-OH is 1. The Bertz CT molecular complexity index is 1220. The summed E-state index contributed by atoms with van der Waals surface area (Å²) >= 11 is 6.50. The Morgan fingerprint density at radius 3 is 2.59 bits per heavy atom. The van der Waals surface area contributed by atoms with Crippen LogP contribution in [0.5, 0.6) is 5.75 Å². The number of ether oxygens (including phenoxy) is 1. The standard InChI is InChI=1S/C27H26ClF2NO3/c1-15-12-17(16-6-4-3-5-7-16)13-20-19(15)14-21(29)25(28)23(20)24-18(27(33)31-2)8-9-22(26(24)30)34-11-10-32/h3-9,14-15,17,32H,10-13H2,1-2H3,(H,31,33). The number of rotatable bonds is 6. The highest BCUT2D eigenvalue weighted by Crippen LogP contribution is 2.48. The van der Waals surface area contributed by atoms with E-state index in [0.717, 1.165) is 23.1 Å². The molecule has 1 amide bonds. The summed E-state index contributed by atoms with van der Waals surface area (Å²) in [6.45, 7) is 1.58. The molecular weight excluding hydrogens is 460 g/mol. The summed E-state index contributed by atoms with van der Waals surface area (Å²) in [4.78, 5) is 12.7. The van der Waals surface area contributed by atoms with E-state index < -0.39 is 17.5 Å². The zero-order chi connectivity index (χ0) is 24.4. The van der Waals surface area contributed by atoms with Crippen molar-refractivity contribution in [3.8, 4) is 16.9 Å². The molecular formula is C27H26ClF2NO3. The molecule has 34 heavy (non-hydrogen) atoms. The Kier molecular flexibility index (Phi) is 7.19. The maximum atomic E-state index is 15.9. The number of nitrogens with one attached hydrogen (secondary N) is 1. The number of hydrogen-bond acceptors (Lipinski definition) is 3. The van der Waals surface area contributed by atoms with Crippen LogP contribution in [0.2, 0.25) is 5.02 Å². The summed E-state index contributed by atoms with van der Waals surface area (Å²) in [6, 6.07) is 14.2. The van der Waals surface area contributed by atoms with Crippen LogP contribution in [0.3, 0.4) is 0 Å². The highest BCUT2D eigenvalue weighted by molar-refractivity contribution is 6.34. The lowest BCUT2D eigenvalue weighted by Gasteiger charge is -2.32. The van der Waals surface area contributed by atoms with Crippen LogP contribution in [-0.2, 0) is 6.42 Å². The quantitative estimate of drug-likeness (QED) is 0.460. The number of hydrogen-bond donors (Lipinski definition) is 2. The van der Waals surface area contributed by atoms with Gasteiger partial charge in [-0.3, -0.25) is 4.79 Å². The molecule has 0 radical (unpaired) electrons. The lowest BCUT2D eigenvalue weighted by molar-refractivity contribution is 0.0963. The first-order valence-corrected chi connectivity index (χ1v) is 11.6. The van der Waals surface area contributed by atoms with E-state index in [1.54, 1.807) is 0 Å². The molecule has 0 saturated heterocycles. The Morgan fingerprint density at radius 2 is 1.91 bits per heavy atom. The fourth-order valence-electron chi connectivity index (χ4n) is 4.86. The topological polar surface area (TPSA) is 58.6 Å². The minimum atomic E-state index is -0.821. The second kappa shape index (κ2) is 10.1. The van der Waals surface area contributed by atoms with Crippen molar-refractivity contribution in [3.63, 3.8) is 0 Å². The molecule has 2 unspecified atom stereocenters. The van der Waals surface area contributed by atoms with Crippen molar-refractivity contribution in [2.75, 3.05) is 20.3 Å². The van der Waals surface area contributed by atoms with Crippen molar-refractivity contribution >= 4 is 17.5 Å². The third-order valence-electron chi connectivity index (χ3n) is 6.43. The second-order valence-electron chi connectivity index (χ2n) is 8.52. The van der Waals surface area contributed by atoms with Crippen LogP contribution < -0.4 is 10.1 Å². The van der Waals surface area contributed by atoms with Crippen LogP contribution in [0.1, 0.15) is 52.2 Å². The molecule has 4 nitrogen and oxygen atoms in total. The summed E-state index contributed by atoms with van der Waals surface area (Å²) in [7, 11) is 1.44. The molecule has 1 aliphatic carbocycles. The fourth-order valence-corrected chi connectivity index (χ4v) is 5.12. The summed E-state index contributed by atoms with van der Waals surface area (Å²) in [5.41, 5.74) is 2.72. The fraction of sp³-hybridized carbons (Fsp3) is 0.296. The van der Waals surface area contributed by atoms with E-state index in [1.165, 1.54) is 25.2 Å². The molecule has 2 atom stereocenters. The van der Waals surface area contributed by atoms with Gasteiger partial charge in [-0.1, -0.05) is 48.9 Å². The van der Waals surface area contributed by atoms with Crippen LogP contribution in [0.25, 0.3) is 11.1 Å². The molecule has 0 spiro atoms. The molecule has 1 aliphatic rings. The van der Waals surface area contributed by atoms with Crippen molar-refractivity contribution < 1.29 is 23.4 Å². The highest BCUT2D eigenvalue weighted by atomic mass is 35.5. The molecule has 3 aromatic carbocycles. The second-order valence-corrected chi connectivity index (χ2v) is 8.89. The predicted molar refractivity (Wildman–Crippen MR) is 129 cm³/mol. The Hall–Kier alpha value is -2.96. The van der Waals surface area contributed by atoms with Gasteiger partial charge >= 0.3 is 0 Å². The van der Waals surface area contributed by atoms with Crippen LogP contribution in [0, 0.1) is 11.6 Å². The number of aliphatic hydroxyl groups is 1. The van der Waals surface area contributed by atoms with Gasteiger partial charge in [0.2, 0.25) is 0 Å². The summed E-state index contributed by atoms with van der Waals surface area (Å²) in [5, 5.41) is 11.4. The number of halogens is 3. The zero-order valence-electron chi connectivity index (χ0n) is 19.0. The largest absolute Gasteiger partial charge is 0.488 e. The average molecular weight is 486 g/mol. The van der Waals surface area contributed by atoms with Crippen molar-refractivity contribution in [2.45, 2.75) is 31.6 Å². The van der Waals surface area contributed by atoms with Crippen molar-refractivity contribution in [3.05, 3.63) is 87.4 Å². The van der Waals surface area contributed by atoms with Gasteiger partial charge in [0.15, 0.2) is 11.6 Å². The van der Waals surface area contributed by atoms with E-state index in [2.05, 4.69) is 5.32 Å². The number of carbonyl (C=O) groups excluding carboxylic acids is 1. The molecule has 178 valence electrons. The monoisotopic (exact) mass is 485 g/mol. The Balaban J connectivity index is 1.98. The van der Waals surface area contributed by atoms with E-state index in [1.807, 2.05) is 37.3 Å². The Labute approximate surface area is 202 Å². The lowest BCUT2D eigenvalue weighted by atomic mass is 9.72. The summed E-state index contributed by atoms with van der Waals surface area (Å²) in [5.74, 6) is -2.03. The first-order valence-electron chi connectivity index (χ1n) is 11.2. The van der Waals surface area contributed by atoms with Gasteiger partial charge < -0.3 is 15.2 Å². The van der Waals surface area contributed by atoms with Crippen LogP contribution in [0.4, 0.5) is 8.78 Å². The molecule has 3 aromatic rings. The molecule has 4 rings (SSSR count). The predicted octanol–water partition coefficient (Wildman–Crippen LogP) is 5.85. The van der Waals surface area contributed by atoms with Gasteiger partial charge in [-0.25, -0.2) is 8.78 Å². The maximum absolute atomic E-state index is 15.9. The van der Waals surface area contributed by atoms with E-state index in [4.69, 9.17) is 21.4 Å². The van der Waals surface area contributed by atoms with Crippen molar-refractivity contribution in [2.24, 2.45) is 0 Å². The van der Waals surface area contributed by atoms with Crippen molar-refractivity contribution in [1.29, 1.82) is 0 Å². The van der Waals surface area contributed by atoms with Crippen molar-refractivity contribution in [1.82, 2.24) is 5.32 Å². The van der Waals surface area contributed by atoms with E-state index >= 15 is 8.78 Å². The molecule has 0 aromatic heterocycles. The van der Waals surface area contributed by atoms with Gasteiger partial charge in [-0.15, -0.1) is 0 Å². The first-order chi connectivity index (χ1) is 16.4. The van der Waals surface area contributed by atoms with E-state index in [9.17, 15) is 4.79 Å². The molecule has 0 bridgehead atoms. The molecule has 2 N–H and O–H groups in total. The molecule has 0 saturated carbocycles. The number of benzene rings is 3. The third kappa shape index (κ3) is 4.40. The van der Waals surface area contributed by atoms with Crippen LogP contribution >= 0.6 is 11.6 Å². The zero-order valence-corrected chi connectivity index (χ0v) is 19.8. The minimum Gasteiger partial charge on any atom is -0.488 e. The smallest absolute Gasteiger partial charge is 0.251 e. The van der Waals surface area contributed by atoms with Gasteiger partial charge in [0, 0.05) is 18.2 Å². The van der Waals surface area contributed by atoms with E-state index in [0.29, 0.717) is 6.42 Å². The SMILES string of the molecule is CNC(=O)c1ccc(OCCO)c(F)c1-c1c(Cl)c(F)cc2c1CC(c1ccccc1)CC2C. The molecule has 0 fully saturated rings.